The largest absolute Gasteiger partial charge is 0.422 e. The van der Waals surface area contributed by atoms with Crippen LogP contribution in [0.3, 0.4) is 0 Å². The van der Waals surface area contributed by atoms with Crippen molar-refractivity contribution in [2.24, 2.45) is 0 Å². The summed E-state index contributed by atoms with van der Waals surface area (Å²) in [5.74, 6) is 0. The van der Waals surface area contributed by atoms with Crippen molar-refractivity contribution < 1.29 is 30.4 Å². The van der Waals surface area contributed by atoms with Crippen LogP contribution in [0.2, 0.25) is 0 Å². The van der Waals surface area contributed by atoms with Crippen LogP contribution in [-0.2, 0) is 20.2 Å². The quantitative estimate of drug-likeness (QED) is 0.596. The maximum Gasteiger partial charge on any atom is 0.359 e. The monoisotopic (exact) mass is 306 g/mol. The highest BCUT2D eigenvalue weighted by Crippen LogP contribution is 2.26. The zero-order chi connectivity index (χ0) is 14.4. The van der Waals surface area contributed by atoms with Crippen molar-refractivity contribution in [2.75, 3.05) is 0 Å². The fourth-order valence-electron chi connectivity index (χ4n) is 1.58. The van der Waals surface area contributed by atoms with Crippen LogP contribution in [0.15, 0.2) is 43.3 Å². The Bertz CT molecular complexity index is 920. The topological polar surface area (TPSA) is 139 Å². The van der Waals surface area contributed by atoms with Gasteiger partial charge in [-0.25, -0.2) is 4.79 Å². The lowest BCUT2D eigenvalue weighted by molar-refractivity contribution is 0.451. The van der Waals surface area contributed by atoms with Crippen molar-refractivity contribution in [3.05, 3.63) is 34.7 Å². The number of rotatable bonds is 2. The first kappa shape index (κ1) is 13.7. The predicted molar refractivity (Wildman–Crippen MR) is 62.1 cm³/mol. The Hall–Kier alpha value is -1.75. The van der Waals surface area contributed by atoms with Crippen LogP contribution in [0.4, 0.5) is 0 Å². The van der Waals surface area contributed by atoms with Gasteiger partial charge in [0.25, 0.3) is 10.1 Å². The van der Waals surface area contributed by atoms with Crippen LogP contribution >= 0.6 is 0 Å². The van der Waals surface area contributed by atoms with E-state index in [9.17, 15) is 21.6 Å². The first-order chi connectivity index (χ1) is 8.62. The zero-order valence-electron chi connectivity index (χ0n) is 8.97. The van der Waals surface area contributed by atoms with Gasteiger partial charge < -0.3 is 4.42 Å². The fraction of sp³-hybridized carbons (Fsp3) is 0. The molecule has 1 heterocycles. The van der Waals surface area contributed by atoms with Crippen molar-refractivity contribution in [3.63, 3.8) is 0 Å². The molecule has 2 N–H and O–H groups in total. The number of hydrogen-bond donors (Lipinski definition) is 2. The molecule has 0 aliphatic rings. The fourth-order valence-corrected chi connectivity index (χ4v) is 3.58. The highest BCUT2D eigenvalue weighted by Gasteiger charge is 2.31. The second kappa shape index (κ2) is 4.13. The van der Waals surface area contributed by atoms with E-state index in [1.165, 1.54) is 18.2 Å². The SMILES string of the molecule is O=c1oc2ccccc2c(S(=O)(=O)O)c1S(=O)(=O)O. The van der Waals surface area contributed by atoms with E-state index >= 15 is 0 Å². The van der Waals surface area contributed by atoms with Gasteiger partial charge in [0.2, 0.25) is 4.90 Å². The molecule has 19 heavy (non-hydrogen) atoms. The van der Waals surface area contributed by atoms with Gasteiger partial charge in [0.05, 0.1) is 0 Å². The molecule has 0 amide bonds. The van der Waals surface area contributed by atoms with Crippen LogP contribution < -0.4 is 5.63 Å². The van der Waals surface area contributed by atoms with Crippen molar-refractivity contribution in [2.45, 2.75) is 9.79 Å². The molecule has 10 heteroatoms. The Morgan fingerprint density at radius 1 is 0.895 bits per heavy atom. The molecule has 0 saturated carbocycles. The average molecular weight is 306 g/mol. The molecule has 0 bridgehead atoms. The van der Waals surface area contributed by atoms with Crippen LogP contribution in [0.5, 0.6) is 0 Å². The van der Waals surface area contributed by atoms with Gasteiger partial charge in [-0.05, 0) is 12.1 Å². The van der Waals surface area contributed by atoms with Crippen LogP contribution in [-0.4, -0.2) is 25.9 Å². The molecule has 2 aromatic rings. The molecule has 8 nitrogen and oxygen atoms in total. The summed E-state index contributed by atoms with van der Waals surface area (Å²) >= 11 is 0. The summed E-state index contributed by atoms with van der Waals surface area (Å²) in [5.41, 5.74) is -1.83. The first-order valence-corrected chi connectivity index (χ1v) is 7.51. The van der Waals surface area contributed by atoms with E-state index in [4.69, 9.17) is 9.11 Å². The molecule has 1 aromatic carbocycles. The van der Waals surface area contributed by atoms with Crippen LogP contribution in [0.1, 0.15) is 0 Å². The zero-order valence-corrected chi connectivity index (χ0v) is 10.6. The minimum absolute atomic E-state index is 0.243. The normalized spacial score (nSPS) is 12.7. The Kier molecular flexibility index (Phi) is 2.97. The minimum Gasteiger partial charge on any atom is -0.422 e. The van der Waals surface area contributed by atoms with Gasteiger partial charge in [-0.3, -0.25) is 9.11 Å². The second-order valence-corrected chi connectivity index (χ2v) is 6.21. The molecule has 0 saturated heterocycles. The van der Waals surface area contributed by atoms with E-state index in [1.54, 1.807) is 0 Å². The average Bonchev–Trinajstić information content (AvgIpc) is 2.24. The first-order valence-electron chi connectivity index (χ1n) is 4.63. The smallest absolute Gasteiger partial charge is 0.359 e. The summed E-state index contributed by atoms with van der Waals surface area (Å²) in [6, 6.07) is 5.08. The van der Waals surface area contributed by atoms with Crippen LogP contribution in [0.25, 0.3) is 11.0 Å². The van der Waals surface area contributed by atoms with Gasteiger partial charge in [-0.1, -0.05) is 12.1 Å². The van der Waals surface area contributed by atoms with E-state index < -0.39 is 35.7 Å². The molecular weight excluding hydrogens is 300 g/mol. The van der Waals surface area contributed by atoms with E-state index in [0.717, 1.165) is 6.07 Å². The summed E-state index contributed by atoms with van der Waals surface area (Å²) in [6.45, 7) is 0. The summed E-state index contributed by atoms with van der Waals surface area (Å²) < 4.78 is 67.3. The van der Waals surface area contributed by atoms with Crippen molar-refractivity contribution in [1.29, 1.82) is 0 Å². The molecule has 0 fully saturated rings. The number of fused-ring (bicyclic) bond motifs is 1. The van der Waals surface area contributed by atoms with Gasteiger partial charge in [-0.2, -0.15) is 16.8 Å². The molecule has 102 valence electrons. The molecule has 0 aliphatic heterocycles. The third kappa shape index (κ3) is 2.38. The summed E-state index contributed by atoms with van der Waals surface area (Å²) in [6.07, 6.45) is 0. The van der Waals surface area contributed by atoms with Gasteiger partial charge >= 0.3 is 15.7 Å². The van der Waals surface area contributed by atoms with E-state index in [1.807, 2.05) is 0 Å². The molecule has 2 rings (SSSR count). The molecule has 0 atom stereocenters. The van der Waals surface area contributed by atoms with Gasteiger partial charge in [0.15, 0.2) is 0 Å². The van der Waals surface area contributed by atoms with Crippen molar-refractivity contribution >= 4 is 31.2 Å². The summed E-state index contributed by atoms with van der Waals surface area (Å²) in [4.78, 5) is 8.74. The van der Waals surface area contributed by atoms with E-state index in [2.05, 4.69) is 4.42 Å². The van der Waals surface area contributed by atoms with E-state index in [-0.39, 0.29) is 11.0 Å². The van der Waals surface area contributed by atoms with Crippen molar-refractivity contribution in [3.8, 4) is 0 Å². The third-order valence-corrected chi connectivity index (χ3v) is 4.20. The minimum atomic E-state index is -5.18. The van der Waals surface area contributed by atoms with E-state index in [0.29, 0.717) is 0 Å². The Balaban J connectivity index is 3.23. The molecule has 0 spiro atoms. The number of hydrogen-bond acceptors (Lipinski definition) is 6. The van der Waals surface area contributed by atoms with Gasteiger partial charge in [-0.15, -0.1) is 0 Å². The third-order valence-electron chi connectivity index (χ3n) is 2.24. The maximum absolute atomic E-state index is 11.5. The molecule has 0 radical (unpaired) electrons. The van der Waals surface area contributed by atoms with Crippen LogP contribution in [0, 0.1) is 0 Å². The molecule has 0 aliphatic carbocycles. The second-order valence-electron chi connectivity index (χ2n) is 3.49. The lowest BCUT2D eigenvalue weighted by Gasteiger charge is -2.06. The Morgan fingerprint density at radius 3 is 1.95 bits per heavy atom. The summed E-state index contributed by atoms with van der Waals surface area (Å²) in [7, 11) is -10.2. The summed E-state index contributed by atoms with van der Waals surface area (Å²) in [5, 5.41) is -0.336. The highest BCUT2D eigenvalue weighted by atomic mass is 32.2. The molecule has 1 aromatic heterocycles. The van der Waals surface area contributed by atoms with Gasteiger partial charge in [0, 0.05) is 5.39 Å². The maximum atomic E-state index is 11.5. The standard InChI is InChI=1S/C9H6O8S2/c10-9-8(19(14,15)16)7(18(11,12)13)5-3-1-2-4-6(5)17-9/h1-4H,(H,11,12,13)(H,14,15,16). The molecular formula is C9H6O8S2. The van der Waals surface area contributed by atoms with Crippen molar-refractivity contribution in [1.82, 2.24) is 0 Å². The Morgan fingerprint density at radius 2 is 1.42 bits per heavy atom. The van der Waals surface area contributed by atoms with Gasteiger partial charge in [0.1, 0.15) is 10.5 Å². The number of benzene rings is 1. The lowest BCUT2D eigenvalue weighted by Crippen LogP contribution is -2.19. The Labute approximate surface area is 106 Å². The predicted octanol–water partition coefficient (Wildman–Crippen LogP) is 0.286. The lowest BCUT2D eigenvalue weighted by atomic mass is 10.2. The molecule has 0 unspecified atom stereocenters. The number of para-hydroxylation sites is 1. The highest BCUT2D eigenvalue weighted by molar-refractivity contribution is 7.89.